The highest BCUT2D eigenvalue weighted by atomic mass is 16.5. The summed E-state index contributed by atoms with van der Waals surface area (Å²) < 4.78 is 5.47. The van der Waals surface area contributed by atoms with Gasteiger partial charge in [-0.15, -0.1) is 0 Å². The third kappa shape index (κ3) is 18.1. The molecule has 0 aliphatic heterocycles. The quantitative estimate of drug-likeness (QED) is 0.174. The van der Waals surface area contributed by atoms with Gasteiger partial charge in [-0.3, -0.25) is 4.79 Å². The van der Waals surface area contributed by atoms with Gasteiger partial charge in [0, 0.05) is 6.42 Å². The molecule has 0 bridgehead atoms. The molecule has 0 heterocycles. The zero-order chi connectivity index (χ0) is 18.6. The summed E-state index contributed by atoms with van der Waals surface area (Å²) in [6.45, 7) is 7.35. The summed E-state index contributed by atoms with van der Waals surface area (Å²) in [5.74, 6) is 0.592. The molecule has 0 amide bonds. The van der Waals surface area contributed by atoms with Gasteiger partial charge in [-0.2, -0.15) is 0 Å². The Bertz CT molecular complexity index is 275. The molecule has 0 aliphatic carbocycles. The predicted octanol–water partition coefficient (Wildman–Crippen LogP) is 7.84. The Hall–Kier alpha value is -0.530. The largest absolute Gasteiger partial charge is 0.466 e. The van der Waals surface area contributed by atoms with Crippen LogP contribution in [0.15, 0.2) is 0 Å². The zero-order valence-corrected chi connectivity index (χ0v) is 17.6. The SMILES string of the molecule is CCCCCCCCC(CCCCCC)CC(=O)OCCCCCC. The van der Waals surface area contributed by atoms with Crippen molar-refractivity contribution in [2.45, 2.75) is 130 Å². The lowest BCUT2D eigenvalue weighted by Gasteiger charge is -2.16. The average Bonchev–Trinajstić information content (AvgIpc) is 2.61. The molecule has 0 rings (SSSR count). The van der Waals surface area contributed by atoms with E-state index in [0.717, 1.165) is 6.42 Å². The summed E-state index contributed by atoms with van der Waals surface area (Å²) in [5, 5.41) is 0. The maximum absolute atomic E-state index is 12.1. The topological polar surface area (TPSA) is 26.3 Å². The third-order valence-corrected chi connectivity index (χ3v) is 5.15. The van der Waals surface area contributed by atoms with E-state index in [4.69, 9.17) is 4.74 Å². The molecule has 1 unspecified atom stereocenters. The standard InChI is InChI=1S/C23H46O2/c1-4-7-10-13-14-16-19-22(18-15-11-8-5-2)21-23(24)25-20-17-12-9-6-3/h22H,4-21H2,1-3H3. The Labute approximate surface area is 158 Å². The van der Waals surface area contributed by atoms with Gasteiger partial charge in [0.05, 0.1) is 6.61 Å². The number of hydrogen-bond acceptors (Lipinski definition) is 2. The van der Waals surface area contributed by atoms with Gasteiger partial charge in [-0.05, 0) is 25.2 Å². The minimum atomic E-state index is 0.0444. The monoisotopic (exact) mass is 354 g/mol. The van der Waals surface area contributed by atoms with Gasteiger partial charge < -0.3 is 4.74 Å². The van der Waals surface area contributed by atoms with Crippen LogP contribution in [0.2, 0.25) is 0 Å². The summed E-state index contributed by atoms with van der Waals surface area (Å²) in [6.07, 6.45) is 21.0. The van der Waals surface area contributed by atoms with E-state index in [1.165, 1.54) is 96.3 Å². The van der Waals surface area contributed by atoms with Crippen molar-refractivity contribution in [2.24, 2.45) is 5.92 Å². The third-order valence-electron chi connectivity index (χ3n) is 5.15. The maximum atomic E-state index is 12.1. The number of rotatable bonds is 19. The van der Waals surface area contributed by atoms with E-state index >= 15 is 0 Å². The Kier molecular flexibility index (Phi) is 19.4. The lowest BCUT2D eigenvalue weighted by Crippen LogP contribution is -2.13. The van der Waals surface area contributed by atoms with Gasteiger partial charge >= 0.3 is 5.97 Å². The van der Waals surface area contributed by atoms with E-state index in [1.54, 1.807) is 0 Å². The molecule has 0 aromatic heterocycles. The van der Waals surface area contributed by atoms with E-state index in [0.29, 0.717) is 18.9 Å². The average molecular weight is 355 g/mol. The second-order valence-electron chi connectivity index (χ2n) is 7.76. The summed E-state index contributed by atoms with van der Waals surface area (Å²) in [4.78, 5) is 12.1. The second-order valence-corrected chi connectivity index (χ2v) is 7.76. The van der Waals surface area contributed by atoms with Gasteiger partial charge in [-0.25, -0.2) is 0 Å². The van der Waals surface area contributed by atoms with Crippen molar-refractivity contribution in [3.05, 3.63) is 0 Å². The fourth-order valence-corrected chi connectivity index (χ4v) is 3.43. The number of unbranched alkanes of at least 4 members (excludes halogenated alkanes) is 11. The number of esters is 1. The summed E-state index contributed by atoms with van der Waals surface area (Å²) in [7, 11) is 0. The molecule has 0 saturated carbocycles. The van der Waals surface area contributed by atoms with E-state index in [-0.39, 0.29) is 5.97 Å². The molecule has 0 aromatic rings. The molecule has 2 nitrogen and oxygen atoms in total. The second kappa shape index (κ2) is 19.8. The molecule has 0 saturated heterocycles. The van der Waals surface area contributed by atoms with E-state index in [1.807, 2.05) is 0 Å². The molecule has 0 spiro atoms. The van der Waals surface area contributed by atoms with Crippen LogP contribution in [-0.4, -0.2) is 12.6 Å². The normalized spacial score (nSPS) is 12.3. The minimum absolute atomic E-state index is 0.0444. The van der Waals surface area contributed by atoms with Crippen LogP contribution in [0.4, 0.5) is 0 Å². The number of carbonyl (C=O) groups excluding carboxylic acids is 1. The van der Waals surface area contributed by atoms with Crippen molar-refractivity contribution in [3.63, 3.8) is 0 Å². The Balaban J connectivity index is 3.95. The first-order valence-corrected chi connectivity index (χ1v) is 11.4. The highest BCUT2D eigenvalue weighted by Crippen LogP contribution is 2.22. The smallest absolute Gasteiger partial charge is 0.306 e. The van der Waals surface area contributed by atoms with Crippen LogP contribution in [0.25, 0.3) is 0 Å². The Morgan fingerprint density at radius 1 is 0.640 bits per heavy atom. The molecule has 0 aliphatic rings. The van der Waals surface area contributed by atoms with Crippen LogP contribution in [0, 0.1) is 5.92 Å². The summed E-state index contributed by atoms with van der Waals surface area (Å²) >= 11 is 0. The lowest BCUT2D eigenvalue weighted by molar-refractivity contribution is -0.145. The molecule has 1 atom stereocenters. The molecule has 150 valence electrons. The highest BCUT2D eigenvalue weighted by molar-refractivity contribution is 5.69. The van der Waals surface area contributed by atoms with Crippen molar-refractivity contribution >= 4 is 5.97 Å². The van der Waals surface area contributed by atoms with Crippen molar-refractivity contribution in [3.8, 4) is 0 Å². The van der Waals surface area contributed by atoms with Crippen LogP contribution in [-0.2, 0) is 9.53 Å². The molecule has 2 heteroatoms. The Morgan fingerprint density at radius 2 is 1.08 bits per heavy atom. The molecule has 0 radical (unpaired) electrons. The van der Waals surface area contributed by atoms with Gasteiger partial charge in [0.2, 0.25) is 0 Å². The first-order valence-electron chi connectivity index (χ1n) is 11.4. The minimum Gasteiger partial charge on any atom is -0.466 e. The van der Waals surface area contributed by atoms with Gasteiger partial charge in [-0.1, -0.05) is 104 Å². The maximum Gasteiger partial charge on any atom is 0.306 e. The molecule has 0 fully saturated rings. The first kappa shape index (κ1) is 24.5. The van der Waals surface area contributed by atoms with Crippen LogP contribution < -0.4 is 0 Å². The van der Waals surface area contributed by atoms with Gasteiger partial charge in [0.15, 0.2) is 0 Å². The number of hydrogen-bond donors (Lipinski definition) is 0. The first-order chi connectivity index (χ1) is 12.2. The van der Waals surface area contributed by atoms with Crippen LogP contribution in [0.5, 0.6) is 0 Å². The lowest BCUT2D eigenvalue weighted by atomic mass is 9.91. The zero-order valence-electron chi connectivity index (χ0n) is 17.6. The number of ether oxygens (including phenoxy) is 1. The fraction of sp³-hybridized carbons (Fsp3) is 0.957. The van der Waals surface area contributed by atoms with E-state index < -0.39 is 0 Å². The summed E-state index contributed by atoms with van der Waals surface area (Å²) in [6, 6.07) is 0. The molecule has 25 heavy (non-hydrogen) atoms. The van der Waals surface area contributed by atoms with Crippen molar-refractivity contribution in [1.29, 1.82) is 0 Å². The van der Waals surface area contributed by atoms with E-state index in [9.17, 15) is 4.79 Å². The molecular weight excluding hydrogens is 308 g/mol. The highest BCUT2D eigenvalue weighted by Gasteiger charge is 2.14. The van der Waals surface area contributed by atoms with Crippen LogP contribution >= 0.6 is 0 Å². The molecule has 0 aromatic carbocycles. The van der Waals surface area contributed by atoms with Crippen molar-refractivity contribution in [1.82, 2.24) is 0 Å². The van der Waals surface area contributed by atoms with Gasteiger partial charge in [0.1, 0.15) is 0 Å². The van der Waals surface area contributed by atoms with Gasteiger partial charge in [0.25, 0.3) is 0 Å². The van der Waals surface area contributed by atoms with Crippen molar-refractivity contribution in [2.75, 3.05) is 6.61 Å². The molecule has 0 N–H and O–H groups in total. The van der Waals surface area contributed by atoms with Crippen LogP contribution in [0.1, 0.15) is 130 Å². The predicted molar refractivity (Wildman–Crippen MR) is 110 cm³/mol. The van der Waals surface area contributed by atoms with Crippen LogP contribution in [0.3, 0.4) is 0 Å². The van der Waals surface area contributed by atoms with Crippen molar-refractivity contribution < 1.29 is 9.53 Å². The number of carbonyl (C=O) groups is 1. The fourth-order valence-electron chi connectivity index (χ4n) is 3.43. The van der Waals surface area contributed by atoms with E-state index in [2.05, 4.69) is 20.8 Å². The molecular formula is C23H46O2. The Morgan fingerprint density at radius 3 is 1.64 bits per heavy atom. The summed E-state index contributed by atoms with van der Waals surface area (Å²) in [5.41, 5.74) is 0.